The quantitative estimate of drug-likeness (QED) is 0.332. The average Bonchev–Trinajstić information content (AvgIpc) is 3.57. The molecule has 0 bridgehead atoms. The summed E-state index contributed by atoms with van der Waals surface area (Å²) in [6, 6.07) is 3.74. The second-order valence-electron chi connectivity index (χ2n) is 10.3. The van der Waals surface area contributed by atoms with Crippen LogP contribution in [0.2, 0.25) is 0 Å². The van der Waals surface area contributed by atoms with Crippen LogP contribution in [0.25, 0.3) is 11.0 Å². The molecule has 42 heavy (non-hydrogen) atoms. The second-order valence-corrected chi connectivity index (χ2v) is 10.3. The average molecular weight is 589 g/mol. The lowest BCUT2D eigenvalue weighted by Gasteiger charge is -2.32. The summed E-state index contributed by atoms with van der Waals surface area (Å²) in [7, 11) is 0. The Bertz CT molecular complexity index is 1620. The van der Waals surface area contributed by atoms with Crippen LogP contribution in [0.1, 0.15) is 41.2 Å². The van der Waals surface area contributed by atoms with Gasteiger partial charge >= 0.3 is 6.18 Å². The molecule has 0 aliphatic carbocycles. The minimum Gasteiger partial charge on any atom is -0.391 e. The minimum atomic E-state index is -4.52. The largest absolute Gasteiger partial charge is 0.419 e. The molecule has 1 amide bonds. The van der Waals surface area contributed by atoms with E-state index in [2.05, 4.69) is 25.3 Å². The SMILES string of the molecule is O=C(c1ccc(Nc2ncnc3c2c(F)cn3C2CCN(c3ncc(C(F)(F)F)cn3)CC2)c(F)c1)N1CC[C@@H](O)C1. The molecular weight excluding hydrogens is 563 g/mol. The number of piperidine rings is 1. The third-order valence-corrected chi connectivity index (χ3v) is 7.59. The Hall–Kier alpha value is -4.40. The molecule has 1 atom stereocenters. The van der Waals surface area contributed by atoms with Gasteiger partial charge in [-0.25, -0.2) is 28.7 Å². The molecule has 3 aromatic heterocycles. The van der Waals surface area contributed by atoms with Crippen molar-refractivity contribution >= 4 is 34.4 Å². The molecule has 0 unspecified atom stereocenters. The standard InChI is InChI=1S/C27H25F5N8O2/c28-19-9-15(25(42)39-8-5-18(41)12-39)1-2-21(19)37-23-22-20(29)13-40(24(22)36-14-35-23)17-3-6-38(7-4-17)26-33-10-16(11-34-26)27(30,31)32/h1-2,9-11,13-14,17-18,41H,3-8,12H2,(H,35,36,37)/t18-/m1/s1. The summed E-state index contributed by atoms with van der Waals surface area (Å²) in [6.45, 7) is 1.44. The lowest BCUT2D eigenvalue weighted by Crippen LogP contribution is -2.35. The van der Waals surface area contributed by atoms with Crippen LogP contribution in [0.4, 0.5) is 39.4 Å². The Morgan fingerprint density at radius 3 is 2.36 bits per heavy atom. The first-order chi connectivity index (χ1) is 20.1. The van der Waals surface area contributed by atoms with Crippen molar-refractivity contribution in [1.29, 1.82) is 0 Å². The lowest BCUT2D eigenvalue weighted by molar-refractivity contribution is -0.138. The number of aromatic nitrogens is 5. The number of likely N-dealkylation sites (tertiary alicyclic amines) is 1. The number of carbonyl (C=O) groups is 1. The number of alkyl halides is 3. The van der Waals surface area contributed by atoms with E-state index in [4.69, 9.17) is 0 Å². The number of aliphatic hydroxyl groups excluding tert-OH is 1. The fourth-order valence-electron chi connectivity index (χ4n) is 5.37. The van der Waals surface area contributed by atoms with E-state index < -0.39 is 29.5 Å². The number of halogens is 5. The van der Waals surface area contributed by atoms with Gasteiger partial charge in [0, 0.05) is 56.4 Å². The number of rotatable bonds is 5. The van der Waals surface area contributed by atoms with Crippen LogP contribution in [-0.2, 0) is 6.18 Å². The number of fused-ring (bicyclic) bond motifs is 1. The molecule has 5 heterocycles. The Morgan fingerprint density at radius 1 is 0.976 bits per heavy atom. The number of β-amino-alcohol motifs (C(OH)–C–C–N with tert-alkyl or cyclic N) is 1. The highest BCUT2D eigenvalue weighted by Crippen LogP contribution is 2.34. The normalized spacial score (nSPS) is 18.2. The maximum absolute atomic E-state index is 15.2. The number of hydrogen-bond acceptors (Lipinski definition) is 8. The van der Waals surface area contributed by atoms with E-state index in [-0.39, 0.29) is 46.9 Å². The number of amides is 1. The van der Waals surface area contributed by atoms with E-state index in [0.29, 0.717) is 44.5 Å². The summed E-state index contributed by atoms with van der Waals surface area (Å²) < 4.78 is 70.4. The molecule has 15 heteroatoms. The fraction of sp³-hybridized carbons (Fsp3) is 0.370. The van der Waals surface area contributed by atoms with E-state index in [0.717, 1.165) is 18.5 Å². The molecule has 0 radical (unpaired) electrons. The first-order valence-electron chi connectivity index (χ1n) is 13.3. The summed E-state index contributed by atoms with van der Waals surface area (Å²) in [4.78, 5) is 32.0. The smallest absolute Gasteiger partial charge is 0.391 e. The molecule has 2 saturated heterocycles. The highest BCUT2D eigenvalue weighted by Gasteiger charge is 2.32. The zero-order valence-electron chi connectivity index (χ0n) is 22.0. The number of anilines is 3. The predicted octanol–water partition coefficient (Wildman–Crippen LogP) is 4.31. The maximum Gasteiger partial charge on any atom is 0.419 e. The first-order valence-corrected chi connectivity index (χ1v) is 13.3. The monoisotopic (exact) mass is 588 g/mol. The number of hydrogen-bond donors (Lipinski definition) is 2. The van der Waals surface area contributed by atoms with Gasteiger partial charge in [-0.2, -0.15) is 13.2 Å². The Kier molecular flexibility index (Phi) is 7.12. The van der Waals surface area contributed by atoms with E-state index in [1.54, 1.807) is 9.47 Å². The third-order valence-electron chi connectivity index (χ3n) is 7.59. The van der Waals surface area contributed by atoms with Gasteiger partial charge in [-0.15, -0.1) is 0 Å². The topological polar surface area (TPSA) is 112 Å². The van der Waals surface area contributed by atoms with Crippen molar-refractivity contribution in [2.75, 3.05) is 36.4 Å². The van der Waals surface area contributed by atoms with Gasteiger partial charge in [-0.1, -0.05) is 0 Å². The Balaban J connectivity index is 1.17. The van der Waals surface area contributed by atoms with Crippen LogP contribution in [0.15, 0.2) is 43.1 Å². The van der Waals surface area contributed by atoms with Crippen LogP contribution in [-0.4, -0.2) is 72.7 Å². The third kappa shape index (κ3) is 5.31. The molecule has 2 aliphatic heterocycles. The van der Waals surface area contributed by atoms with Crippen molar-refractivity contribution in [3.63, 3.8) is 0 Å². The summed E-state index contributed by atoms with van der Waals surface area (Å²) in [5.41, 5.74) is -0.504. The zero-order chi connectivity index (χ0) is 29.6. The number of nitrogens with zero attached hydrogens (tertiary/aromatic N) is 7. The summed E-state index contributed by atoms with van der Waals surface area (Å²) in [5, 5.41) is 12.6. The molecule has 1 aromatic carbocycles. The number of nitrogens with one attached hydrogen (secondary N) is 1. The van der Waals surface area contributed by atoms with Crippen molar-refractivity contribution in [3.8, 4) is 0 Å². The minimum absolute atomic E-state index is 0.00925. The van der Waals surface area contributed by atoms with Gasteiger partial charge in [-0.05, 0) is 37.5 Å². The Morgan fingerprint density at radius 2 is 1.71 bits per heavy atom. The van der Waals surface area contributed by atoms with Crippen LogP contribution in [0.3, 0.4) is 0 Å². The fourth-order valence-corrected chi connectivity index (χ4v) is 5.37. The van der Waals surface area contributed by atoms with Gasteiger partial charge in [0.05, 0.1) is 22.7 Å². The van der Waals surface area contributed by atoms with E-state index in [1.165, 1.54) is 29.6 Å². The zero-order valence-corrected chi connectivity index (χ0v) is 22.0. The maximum atomic E-state index is 15.2. The molecule has 220 valence electrons. The van der Waals surface area contributed by atoms with Gasteiger partial charge in [0.15, 0.2) is 5.82 Å². The lowest BCUT2D eigenvalue weighted by atomic mass is 10.1. The van der Waals surface area contributed by atoms with Gasteiger partial charge in [-0.3, -0.25) is 4.79 Å². The molecule has 6 rings (SSSR count). The molecular formula is C27H25F5N8O2. The van der Waals surface area contributed by atoms with Crippen LogP contribution in [0.5, 0.6) is 0 Å². The molecule has 2 aliphatic rings. The highest BCUT2D eigenvalue weighted by molar-refractivity contribution is 5.95. The molecule has 2 N–H and O–H groups in total. The van der Waals surface area contributed by atoms with Gasteiger partial charge in [0.25, 0.3) is 5.91 Å². The van der Waals surface area contributed by atoms with Crippen molar-refractivity contribution in [2.45, 2.75) is 37.6 Å². The molecule has 10 nitrogen and oxygen atoms in total. The summed E-state index contributed by atoms with van der Waals surface area (Å²) in [5.74, 6) is -1.49. The first kappa shape index (κ1) is 27.8. The van der Waals surface area contributed by atoms with Crippen molar-refractivity contribution < 1.29 is 31.9 Å². The molecule has 0 saturated carbocycles. The van der Waals surface area contributed by atoms with Gasteiger partial charge in [0.2, 0.25) is 5.95 Å². The van der Waals surface area contributed by atoms with Gasteiger partial charge in [0.1, 0.15) is 23.6 Å². The van der Waals surface area contributed by atoms with E-state index >= 15 is 8.78 Å². The van der Waals surface area contributed by atoms with Crippen molar-refractivity contribution in [3.05, 3.63) is 65.9 Å². The van der Waals surface area contributed by atoms with E-state index in [9.17, 15) is 23.1 Å². The predicted molar refractivity (Wildman–Crippen MR) is 141 cm³/mol. The van der Waals surface area contributed by atoms with E-state index in [1.807, 2.05) is 0 Å². The highest BCUT2D eigenvalue weighted by atomic mass is 19.4. The summed E-state index contributed by atoms with van der Waals surface area (Å²) in [6.07, 6.45) is 0.453. The summed E-state index contributed by atoms with van der Waals surface area (Å²) >= 11 is 0. The number of carbonyl (C=O) groups excluding carboxylic acids is 1. The molecule has 0 spiro atoms. The molecule has 4 aromatic rings. The molecule has 2 fully saturated rings. The van der Waals surface area contributed by atoms with Crippen LogP contribution in [0, 0.1) is 11.6 Å². The number of aliphatic hydroxyl groups is 1. The number of benzene rings is 1. The van der Waals surface area contributed by atoms with Crippen molar-refractivity contribution in [2.24, 2.45) is 0 Å². The van der Waals surface area contributed by atoms with Crippen LogP contribution < -0.4 is 10.2 Å². The second kappa shape index (κ2) is 10.8. The van der Waals surface area contributed by atoms with Gasteiger partial charge < -0.3 is 24.8 Å². The van der Waals surface area contributed by atoms with Crippen molar-refractivity contribution in [1.82, 2.24) is 29.4 Å². The van der Waals surface area contributed by atoms with Crippen LogP contribution >= 0.6 is 0 Å². The Labute approximate surface area is 235 Å².